The molecular formula is C9H11F3N2. The van der Waals surface area contributed by atoms with Crippen LogP contribution in [0.2, 0.25) is 0 Å². The fourth-order valence-electron chi connectivity index (χ4n) is 1.98. The van der Waals surface area contributed by atoms with Gasteiger partial charge in [-0.2, -0.15) is 18.3 Å². The van der Waals surface area contributed by atoms with Crippen LogP contribution >= 0.6 is 0 Å². The third kappa shape index (κ3) is 1.63. The van der Waals surface area contributed by atoms with Crippen LogP contribution in [-0.2, 0) is 6.18 Å². The Hall–Kier alpha value is -1.00. The molecule has 1 heterocycles. The molecule has 2 rings (SSSR count). The molecule has 14 heavy (non-hydrogen) atoms. The number of nitrogens with zero attached hydrogens (tertiary/aromatic N) is 2. The lowest BCUT2D eigenvalue weighted by Crippen LogP contribution is -2.17. The first-order valence-corrected chi connectivity index (χ1v) is 4.70. The summed E-state index contributed by atoms with van der Waals surface area (Å²) < 4.78 is 38.6. The van der Waals surface area contributed by atoms with E-state index in [0.29, 0.717) is 0 Å². The Morgan fingerprint density at radius 2 is 1.93 bits per heavy atom. The van der Waals surface area contributed by atoms with Crippen molar-refractivity contribution in [1.82, 2.24) is 9.78 Å². The van der Waals surface area contributed by atoms with Crippen molar-refractivity contribution in [3.8, 4) is 0 Å². The van der Waals surface area contributed by atoms with Gasteiger partial charge in [0.1, 0.15) is 5.69 Å². The van der Waals surface area contributed by atoms with Crippen LogP contribution in [0, 0.1) is 0 Å². The fourth-order valence-corrected chi connectivity index (χ4v) is 1.98. The lowest BCUT2D eigenvalue weighted by molar-refractivity contribution is -0.145. The summed E-state index contributed by atoms with van der Waals surface area (Å²) in [5, 5.41) is 3.76. The highest BCUT2D eigenvalue weighted by Crippen LogP contribution is 2.35. The van der Waals surface area contributed by atoms with Gasteiger partial charge in [-0.3, -0.25) is 4.68 Å². The lowest BCUT2D eigenvalue weighted by atomic mass is 10.2. The Morgan fingerprint density at radius 3 is 2.50 bits per heavy atom. The average molecular weight is 204 g/mol. The molecule has 0 radical (unpaired) electrons. The summed E-state index contributed by atoms with van der Waals surface area (Å²) in [5.41, 5.74) is -0.621. The normalized spacial score (nSPS) is 19.1. The van der Waals surface area contributed by atoms with E-state index in [9.17, 15) is 13.2 Å². The van der Waals surface area contributed by atoms with Crippen LogP contribution in [-0.4, -0.2) is 9.78 Å². The van der Waals surface area contributed by atoms with Crippen LogP contribution in [0.25, 0.3) is 0 Å². The summed E-state index contributed by atoms with van der Waals surface area (Å²) in [7, 11) is 0. The Morgan fingerprint density at radius 1 is 1.29 bits per heavy atom. The summed E-state index contributed by atoms with van der Waals surface area (Å²) in [6, 6.07) is 0.986. The van der Waals surface area contributed by atoms with Gasteiger partial charge in [-0.1, -0.05) is 12.8 Å². The molecule has 0 unspecified atom stereocenters. The standard InChI is InChI=1S/C9H11F3N2/c10-9(11,12)8-5-6-13-14(8)7-3-1-2-4-7/h5-7H,1-4H2. The minimum Gasteiger partial charge on any atom is -0.257 e. The minimum atomic E-state index is -4.28. The zero-order valence-electron chi connectivity index (χ0n) is 7.59. The molecule has 1 aliphatic rings. The molecule has 1 saturated carbocycles. The molecule has 0 atom stereocenters. The first-order valence-electron chi connectivity index (χ1n) is 4.70. The zero-order chi connectivity index (χ0) is 10.2. The highest BCUT2D eigenvalue weighted by Gasteiger charge is 2.36. The van der Waals surface area contributed by atoms with Crippen molar-refractivity contribution in [2.75, 3.05) is 0 Å². The van der Waals surface area contributed by atoms with E-state index in [0.717, 1.165) is 36.4 Å². The maximum atomic E-state index is 12.5. The van der Waals surface area contributed by atoms with Crippen LogP contribution in [0.15, 0.2) is 12.3 Å². The molecule has 0 spiro atoms. The Bertz CT molecular complexity index is 310. The van der Waals surface area contributed by atoms with Gasteiger partial charge in [0.15, 0.2) is 0 Å². The van der Waals surface area contributed by atoms with E-state index in [1.165, 1.54) is 6.20 Å². The van der Waals surface area contributed by atoms with Gasteiger partial charge < -0.3 is 0 Å². The van der Waals surface area contributed by atoms with Gasteiger partial charge in [-0.15, -0.1) is 0 Å². The number of halogens is 3. The Labute approximate surface area is 79.7 Å². The first-order chi connectivity index (χ1) is 6.59. The van der Waals surface area contributed by atoms with Gasteiger partial charge in [0, 0.05) is 6.20 Å². The maximum Gasteiger partial charge on any atom is 0.433 e. The van der Waals surface area contributed by atoms with E-state index in [1.807, 2.05) is 0 Å². The highest BCUT2D eigenvalue weighted by molar-refractivity contribution is 5.06. The Balaban J connectivity index is 2.29. The molecular weight excluding hydrogens is 193 g/mol. The molecule has 0 bridgehead atoms. The number of rotatable bonds is 1. The molecule has 0 saturated heterocycles. The molecule has 1 fully saturated rings. The molecule has 1 aliphatic carbocycles. The van der Waals surface area contributed by atoms with E-state index < -0.39 is 11.9 Å². The van der Waals surface area contributed by atoms with Crippen molar-refractivity contribution >= 4 is 0 Å². The second kappa shape index (κ2) is 3.29. The summed E-state index contributed by atoms with van der Waals surface area (Å²) >= 11 is 0. The molecule has 0 aliphatic heterocycles. The number of alkyl halides is 3. The largest absolute Gasteiger partial charge is 0.433 e. The lowest BCUT2D eigenvalue weighted by Gasteiger charge is -2.15. The van der Waals surface area contributed by atoms with Crippen LogP contribution in [0.5, 0.6) is 0 Å². The first kappa shape index (κ1) is 9.55. The summed E-state index contributed by atoms with van der Waals surface area (Å²) in [6.45, 7) is 0. The molecule has 0 amide bonds. The van der Waals surface area contributed by atoms with Gasteiger partial charge in [0.05, 0.1) is 6.04 Å². The minimum absolute atomic E-state index is 0.0541. The zero-order valence-corrected chi connectivity index (χ0v) is 7.59. The molecule has 1 aromatic rings. The average Bonchev–Trinajstić information content (AvgIpc) is 2.73. The van der Waals surface area contributed by atoms with E-state index in [-0.39, 0.29) is 6.04 Å². The van der Waals surface area contributed by atoms with Gasteiger partial charge in [-0.25, -0.2) is 0 Å². The Kier molecular flexibility index (Phi) is 2.25. The fraction of sp³-hybridized carbons (Fsp3) is 0.667. The van der Waals surface area contributed by atoms with Crippen molar-refractivity contribution in [1.29, 1.82) is 0 Å². The van der Waals surface area contributed by atoms with Crippen LogP contribution < -0.4 is 0 Å². The summed E-state index contributed by atoms with van der Waals surface area (Å²) in [6.07, 6.45) is 0.569. The summed E-state index contributed by atoms with van der Waals surface area (Å²) in [4.78, 5) is 0. The number of hydrogen-bond donors (Lipinski definition) is 0. The third-order valence-corrected chi connectivity index (χ3v) is 2.63. The number of aromatic nitrogens is 2. The van der Waals surface area contributed by atoms with Crippen LogP contribution in [0.1, 0.15) is 37.4 Å². The monoisotopic (exact) mass is 204 g/mol. The summed E-state index contributed by atoms with van der Waals surface area (Å²) in [5.74, 6) is 0. The second-order valence-corrected chi connectivity index (χ2v) is 3.60. The molecule has 2 nitrogen and oxygen atoms in total. The van der Waals surface area contributed by atoms with E-state index in [2.05, 4.69) is 5.10 Å². The maximum absolute atomic E-state index is 12.5. The van der Waals surface area contributed by atoms with Gasteiger partial charge in [0.25, 0.3) is 0 Å². The van der Waals surface area contributed by atoms with Gasteiger partial charge >= 0.3 is 6.18 Å². The third-order valence-electron chi connectivity index (χ3n) is 2.63. The quantitative estimate of drug-likeness (QED) is 0.687. The van der Waals surface area contributed by atoms with Crippen molar-refractivity contribution < 1.29 is 13.2 Å². The van der Waals surface area contributed by atoms with Crippen molar-refractivity contribution in [2.45, 2.75) is 37.9 Å². The van der Waals surface area contributed by atoms with Crippen molar-refractivity contribution in [3.63, 3.8) is 0 Å². The SMILES string of the molecule is FC(F)(F)c1ccnn1C1CCCC1. The van der Waals surface area contributed by atoms with Gasteiger partial charge in [-0.05, 0) is 18.9 Å². The van der Waals surface area contributed by atoms with Crippen LogP contribution in [0.4, 0.5) is 13.2 Å². The molecule has 0 aromatic carbocycles. The van der Waals surface area contributed by atoms with Gasteiger partial charge in [0.2, 0.25) is 0 Å². The van der Waals surface area contributed by atoms with E-state index >= 15 is 0 Å². The van der Waals surface area contributed by atoms with E-state index in [1.54, 1.807) is 0 Å². The van der Waals surface area contributed by atoms with Crippen molar-refractivity contribution in [2.24, 2.45) is 0 Å². The predicted octanol–water partition coefficient (Wildman–Crippen LogP) is 3.02. The molecule has 1 aromatic heterocycles. The predicted molar refractivity (Wildman–Crippen MR) is 44.7 cm³/mol. The smallest absolute Gasteiger partial charge is 0.257 e. The highest BCUT2D eigenvalue weighted by atomic mass is 19.4. The van der Waals surface area contributed by atoms with E-state index in [4.69, 9.17) is 0 Å². The topological polar surface area (TPSA) is 17.8 Å². The number of hydrogen-bond acceptors (Lipinski definition) is 1. The molecule has 0 N–H and O–H groups in total. The molecule has 78 valence electrons. The molecule has 5 heteroatoms. The van der Waals surface area contributed by atoms with Crippen molar-refractivity contribution in [3.05, 3.63) is 18.0 Å². The second-order valence-electron chi connectivity index (χ2n) is 3.60. The van der Waals surface area contributed by atoms with Crippen LogP contribution in [0.3, 0.4) is 0 Å².